The molecule has 2 unspecified atom stereocenters. The SMILES string of the molecule is CN(CC(=O)NC(=O)NC1CC1)C1CCCCC1O. The van der Waals surface area contributed by atoms with Crippen molar-refractivity contribution in [3.8, 4) is 0 Å². The number of rotatable bonds is 4. The van der Waals surface area contributed by atoms with Crippen LogP contribution in [0.2, 0.25) is 0 Å². The highest BCUT2D eigenvalue weighted by Gasteiger charge is 2.28. The normalized spacial score (nSPS) is 27.1. The van der Waals surface area contributed by atoms with Gasteiger partial charge in [-0.15, -0.1) is 0 Å². The molecule has 0 radical (unpaired) electrons. The Morgan fingerprint density at radius 2 is 1.89 bits per heavy atom. The minimum Gasteiger partial charge on any atom is -0.391 e. The fraction of sp³-hybridized carbons (Fsp3) is 0.846. The molecule has 2 atom stereocenters. The van der Waals surface area contributed by atoms with Gasteiger partial charge in [-0.25, -0.2) is 4.79 Å². The van der Waals surface area contributed by atoms with E-state index in [0.29, 0.717) is 0 Å². The van der Waals surface area contributed by atoms with E-state index in [0.717, 1.165) is 38.5 Å². The molecular weight excluding hydrogens is 246 g/mol. The first-order chi connectivity index (χ1) is 9.06. The van der Waals surface area contributed by atoms with Crippen LogP contribution in [0.3, 0.4) is 0 Å². The zero-order valence-electron chi connectivity index (χ0n) is 11.4. The quantitative estimate of drug-likeness (QED) is 0.681. The minimum absolute atomic E-state index is 0.0194. The molecule has 6 heteroatoms. The minimum atomic E-state index is -0.412. The van der Waals surface area contributed by atoms with Crippen molar-refractivity contribution in [1.29, 1.82) is 0 Å². The Morgan fingerprint density at radius 1 is 1.21 bits per heavy atom. The van der Waals surface area contributed by atoms with Gasteiger partial charge in [-0.1, -0.05) is 12.8 Å². The molecule has 0 heterocycles. The number of aliphatic hydroxyl groups excluding tert-OH is 1. The number of likely N-dealkylation sites (N-methyl/N-ethyl adjacent to an activating group) is 1. The highest BCUT2D eigenvalue weighted by Crippen LogP contribution is 2.22. The summed E-state index contributed by atoms with van der Waals surface area (Å²) in [6.45, 7) is 0.139. The van der Waals surface area contributed by atoms with Crippen LogP contribution in [-0.4, -0.2) is 53.7 Å². The number of aliphatic hydroxyl groups is 1. The van der Waals surface area contributed by atoms with Gasteiger partial charge in [-0.05, 0) is 32.7 Å². The third kappa shape index (κ3) is 4.47. The summed E-state index contributed by atoms with van der Waals surface area (Å²) >= 11 is 0. The van der Waals surface area contributed by atoms with Crippen LogP contribution in [0.25, 0.3) is 0 Å². The summed E-state index contributed by atoms with van der Waals surface area (Å²) < 4.78 is 0. The lowest BCUT2D eigenvalue weighted by Crippen LogP contribution is -2.49. The van der Waals surface area contributed by atoms with E-state index in [4.69, 9.17) is 0 Å². The van der Waals surface area contributed by atoms with E-state index in [1.165, 1.54) is 0 Å². The van der Waals surface area contributed by atoms with Crippen LogP contribution < -0.4 is 10.6 Å². The number of hydrogen-bond acceptors (Lipinski definition) is 4. The zero-order chi connectivity index (χ0) is 13.8. The van der Waals surface area contributed by atoms with Crippen LogP contribution in [0.1, 0.15) is 38.5 Å². The Balaban J connectivity index is 1.72. The Labute approximate surface area is 113 Å². The molecule has 6 nitrogen and oxygen atoms in total. The summed E-state index contributed by atoms with van der Waals surface area (Å²) in [5.74, 6) is -0.321. The van der Waals surface area contributed by atoms with E-state index in [1.807, 2.05) is 11.9 Å². The molecule has 0 saturated heterocycles. The Hall–Kier alpha value is -1.14. The van der Waals surface area contributed by atoms with E-state index in [2.05, 4.69) is 10.6 Å². The molecule has 2 aliphatic rings. The van der Waals surface area contributed by atoms with Gasteiger partial charge in [0.05, 0.1) is 12.6 Å². The Morgan fingerprint density at radius 3 is 2.53 bits per heavy atom. The zero-order valence-corrected chi connectivity index (χ0v) is 11.4. The van der Waals surface area contributed by atoms with Crippen molar-refractivity contribution in [3.63, 3.8) is 0 Å². The van der Waals surface area contributed by atoms with E-state index in [9.17, 15) is 14.7 Å². The number of carbonyl (C=O) groups is 2. The largest absolute Gasteiger partial charge is 0.391 e. The van der Waals surface area contributed by atoms with Crippen LogP contribution in [0, 0.1) is 0 Å². The molecule has 2 fully saturated rings. The maximum atomic E-state index is 11.7. The van der Waals surface area contributed by atoms with Crippen molar-refractivity contribution in [2.24, 2.45) is 0 Å². The third-order valence-corrected chi connectivity index (χ3v) is 3.82. The van der Waals surface area contributed by atoms with Gasteiger partial charge in [0.2, 0.25) is 5.91 Å². The summed E-state index contributed by atoms with van der Waals surface area (Å²) in [7, 11) is 1.82. The van der Waals surface area contributed by atoms with Crippen LogP contribution >= 0.6 is 0 Å². The summed E-state index contributed by atoms with van der Waals surface area (Å²) in [6, 6.07) is -0.151. The molecule has 0 aromatic carbocycles. The van der Waals surface area contributed by atoms with Crippen LogP contribution in [0.4, 0.5) is 4.79 Å². The monoisotopic (exact) mass is 269 g/mol. The van der Waals surface area contributed by atoms with E-state index < -0.39 is 6.03 Å². The predicted molar refractivity (Wildman–Crippen MR) is 70.6 cm³/mol. The van der Waals surface area contributed by atoms with Crippen molar-refractivity contribution >= 4 is 11.9 Å². The number of imide groups is 1. The Kier molecular flexibility index (Phi) is 4.76. The topological polar surface area (TPSA) is 81.7 Å². The third-order valence-electron chi connectivity index (χ3n) is 3.82. The smallest absolute Gasteiger partial charge is 0.321 e. The van der Waals surface area contributed by atoms with Gasteiger partial charge >= 0.3 is 6.03 Å². The maximum absolute atomic E-state index is 11.7. The van der Waals surface area contributed by atoms with Crippen molar-refractivity contribution in [3.05, 3.63) is 0 Å². The molecule has 0 aromatic rings. The lowest BCUT2D eigenvalue weighted by molar-refractivity contribution is -0.122. The average Bonchev–Trinajstić information content (AvgIpc) is 3.12. The lowest BCUT2D eigenvalue weighted by Gasteiger charge is -2.34. The molecule has 2 aliphatic carbocycles. The molecule has 3 amide bonds. The molecule has 2 rings (SSSR count). The highest BCUT2D eigenvalue weighted by atomic mass is 16.3. The number of nitrogens with one attached hydrogen (secondary N) is 2. The second-order valence-electron chi connectivity index (χ2n) is 5.63. The molecule has 2 saturated carbocycles. The summed E-state index contributed by atoms with van der Waals surface area (Å²) in [5.41, 5.74) is 0. The predicted octanol–water partition coefficient (Wildman–Crippen LogP) is 0.210. The summed E-state index contributed by atoms with van der Waals surface area (Å²) in [5, 5.41) is 14.9. The van der Waals surface area contributed by atoms with Gasteiger partial charge in [-0.2, -0.15) is 0 Å². The van der Waals surface area contributed by atoms with Gasteiger partial charge in [0.15, 0.2) is 0 Å². The van der Waals surface area contributed by atoms with Gasteiger partial charge in [0, 0.05) is 12.1 Å². The molecular formula is C13H23N3O3. The van der Waals surface area contributed by atoms with Gasteiger partial charge in [-0.3, -0.25) is 15.0 Å². The number of carbonyl (C=O) groups excluding carboxylic acids is 2. The number of nitrogens with zero attached hydrogens (tertiary/aromatic N) is 1. The number of urea groups is 1. The van der Waals surface area contributed by atoms with Crippen molar-refractivity contribution in [1.82, 2.24) is 15.5 Å². The first-order valence-electron chi connectivity index (χ1n) is 7.05. The van der Waals surface area contributed by atoms with Crippen molar-refractivity contribution in [2.75, 3.05) is 13.6 Å². The summed E-state index contributed by atoms with van der Waals surface area (Å²) in [6.07, 6.45) is 5.44. The van der Waals surface area contributed by atoms with E-state index in [1.54, 1.807) is 0 Å². The standard InChI is InChI=1S/C13H23N3O3/c1-16(10-4-2-3-5-11(10)17)8-12(18)15-13(19)14-9-6-7-9/h9-11,17H,2-8H2,1H3,(H2,14,15,18,19). The van der Waals surface area contributed by atoms with Gasteiger partial charge < -0.3 is 10.4 Å². The fourth-order valence-corrected chi connectivity index (χ4v) is 2.56. The first-order valence-corrected chi connectivity index (χ1v) is 7.05. The number of hydrogen-bond donors (Lipinski definition) is 3. The first kappa shape index (κ1) is 14.3. The lowest BCUT2D eigenvalue weighted by atomic mass is 9.91. The second kappa shape index (κ2) is 6.34. The van der Waals surface area contributed by atoms with Crippen molar-refractivity contribution in [2.45, 2.75) is 56.7 Å². The van der Waals surface area contributed by atoms with Crippen molar-refractivity contribution < 1.29 is 14.7 Å². The van der Waals surface area contributed by atoms with E-state index >= 15 is 0 Å². The fourth-order valence-electron chi connectivity index (χ4n) is 2.56. The molecule has 0 aliphatic heterocycles. The molecule has 0 bridgehead atoms. The molecule has 0 aromatic heterocycles. The molecule has 19 heavy (non-hydrogen) atoms. The molecule has 3 N–H and O–H groups in total. The Bertz CT molecular complexity index is 344. The van der Waals surface area contributed by atoms with Gasteiger partial charge in [0.25, 0.3) is 0 Å². The van der Waals surface area contributed by atoms with Crippen LogP contribution in [0.15, 0.2) is 0 Å². The molecule has 108 valence electrons. The van der Waals surface area contributed by atoms with Crippen LogP contribution in [-0.2, 0) is 4.79 Å². The number of amides is 3. The van der Waals surface area contributed by atoms with Crippen LogP contribution in [0.5, 0.6) is 0 Å². The maximum Gasteiger partial charge on any atom is 0.321 e. The van der Waals surface area contributed by atoms with Gasteiger partial charge in [0.1, 0.15) is 0 Å². The second-order valence-corrected chi connectivity index (χ2v) is 5.63. The summed E-state index contributed by atoms with van der Waals surface area (Å²) in [4.78, 5) is 25.0. The average molecular weight is 269 g/mol. The molecule has 0 spiro atoms. The highest BCUT2D eigenvalue weighted by molar-refractivity contribution is 5.95. The van der Waals surface area contributed by atoms with E-state index in [-0.39, 0.29) is 30.6 Å².